The van der Waals surface area contributed by atoms with E-state index >= 15 is 0 Å². The molecule has 0 aromatic heterocycles. The fraction of sp³-hybridized carbons (Fsp3) is 0.647. The summed E-state index contributed by atoms with van der Waals surface area (Å²) in [5.41, 5.74) is 9.19. The molecule has 0 bridgehead atoms. The van der Waals surface area contributed by atoms with Crippen molar-refractivity contribution >= 4 is 0 Å². The Morgan fingerprint density at radius 2 is 2.05 bits per heavy atom. The van der Waals surface area contributed by atoms with Crippen LogP contribution in [0.4, 0.5) is 0 Å². The van der Waals surface area contributed by atoms with Gasteiger partial charge in [0.1, 0.15) is 0 Å². The van der Waals surface area contributed by atoms with Crippen LogP contribution in [0.15, 0.2) is 36.1 Å². The van der Waals surface area contributed by atoms with Crippen LogP contribution in [-0.4, -0.2) is 38.1 Å². The summed E-state index contributed by atoms with van der Waals surface area (Å²) in [5, 5.41) is 3.42. The third kappa shape index (κ3) is 5.51. The van der Waals surface area contributed by atoms with E-state index < -0.39 is 0 Å². The van der Waals surface area contributed by atoms with Gasteiger partial charge in [0.15, 0.2) is 0 Å². The number of likely N-dealkylation sites (N-methyl/N-ethyl adjacent to an activating group) is 1. The third-order valence-electron chi connectivity index (χ3n) is 4.00. The van der Waals surface area contributed by atoms with Crippen LogP contribution >= 0.6 is 0 Å². The van der Waals surface area contributed by atoms with Crippen LogP contribution in [0.5, 0.6) is 0 Å². The van der Waals surface area contributed by atoms with Crippen molar-refractivity contribution in [2.75, 3.05) is 33.2 Å². The highest BCUT2D eigenvalue weighted by molar-refractivity contribution is 5.37. The standard InChI is InChI=1S/C17H31N3/c1-5-7-14(3)16(17(18)6-2)13-20(4)12-15-8-10-19-11-9-15/h6,15,19H,2-3,5,7-13,18H2,1,4H3/b17-16-. The lowest BCUT2D eigenvalue weighted by Crippen LogP contribution is -2.35. The molecule has 3 nitrogen and oxygen atoms in total. The highest BCUT2D eigenvalue weighted by Crippen LogP contribution is 2.19. The van der Waals surface area contributed by atoms with Crippen molar-refractivity contribution in [3.8, 4) is 0 Å². The molecule has 1 rings (SSSR count). The highest BCUT2D eigenvalue weighted by Gasteiger charge is 2.16. The van der Waals surface area contributed by atoms with Gasteiger partial charge in [0.25, 0.3) is 0 Å². The summed E-state index contributed by atoms with van der Waals surface area (Å²) in [5.74, 6) is 0.798. The zero-order chi connectivity index (χ0) is 15.0. The molecule has 0 saturated carbocycles. The molecular formula is C17H31N3. The van der Waals surface area contributed by atoms with Gasteiger partial charge in [-0.25, -0.2) is 0 Å². The average Bonchev–Trinajstić information content (AvgIpc) is 2.45. The number of nitrogens with zero attached hydrogens (tertiary/aromatic N) is 1. The lowest BCUT2D eigenvalue weighted by Gasteiger charge is -2.28. The largest absolute Gasteiger partial charge is 0.398 e. The minimum atomic E-state index is 0.778. The van der Waals surface area contributed by atoms with Crippen LogP contribution < -0.4 is 11.1 Å². The molecule has 1 heterocycles. The fourth-order valence-electron chi connectivity index (χ4n) is 2.82. The van der Waals surface area contributed by atoms with E-state index in [1.54, 1.807) is 6.08 Å². The molecule has 0 amide bonds. The van der Waals surface area contributed by atoms with E-state index in [2.05, 4.69) is 37.3 Å². The fourth-order valence-corrected chi connectivity index (χ4v) is 2.82. The number of piperidine rings is 1. The molecule has 3 N–H and O–H groups in total. The van der Waals surface area contributed by atoms with Gasteiger partial charge in [-0.05, 0) is 62.5 Å². The van der Waals surface area contributed by atoms with Gasteiger partial charge in [0, 0.05) is 18.8 Å². The topological polar surface area (TPSA) is 41.3 Å². The van der Waals surface area contributed by atoms with Gasteiger partial charge in [-0.15, -0.1) is 0 Å². The maximum absolute atomic E-state index is 6.09. The second-order valence-electron chi connectivity index (χ2n) is 5.88. The molecule has 0 atom stereocenters. The molecule has 3 heteroatoms. The first-order valence-electron chi connectivity index (χ1n) is 7.76. The number of allylic oxidation sites excluding steroid dienone is 1. The first kappa shape index (κ1) is 17.0. The normalized spacial score (nSPS) is 17.9. The van der Waals surface area contributed by atoms with Gasteiger partial charge >= 0.3 is 0 Å². The molecule has 0 radical (unpaired) electrons. The molecule has 0 aliphatic carbocycles. The SMILES string of the molecule is C=C/C(N)=C(\CN(C)CC1CCNCC1)C(=C)CCC. The molecule has 0 aromatic carbocycles. The van der Waals surface area contributed by atoms with Crippen LogP contribution in [0.25, 0.3) is 0 Å². The van der Waals surface area contributed by atoms with Crippen LogP contribution in [0.3, 0.4) is 0 Å². The molecular weight excluding hydrogens is 246 g/mol. The molecule has 114 valence electrons. The van der Waals surface area contributed by atoms with E-state index in [9.17, 15) is 0 Å². The van der Waals surface area contributed by atoms with Crippen LogP contribution in [0.2, 0.25) is 0 Å². The third-order valence-corrected chi connectivity index (χ3v) is 4.00. The lowest BCUT2D eigenvalue weighted by molar-refractivity contribution is 0.253. The number of rotatable bonds is 8. The predicted octanol–water partition coefficient (Wildman–Crippen LogP) is 2.67. The maximum atomic E-state index is 6.09. The summed E-state index contributed by atoms with van der Waals surface area (Å²) in [6.07, 6.45) is 6.40. The Hall–Kier alpha value is -1.06. The Bertz CT molecular complexity index is 351. The van der Waals surface area contributed by atoms with E-state index in [1.807, 2.05) is 0 Å². The van der Waals surface area contributed by atoms with Gasteiger partial charge in [-0.1, -0.05) is 26.5 Å². The summed E-state index contributed by atoms with van der Waals surface area (Å²) in [6.45, 7) is 14.5. The Kier molecular flexibility index (Phi) is 7.63. The smallest absolute Gasteiger partial charge is 0.0356 e. The number of hydrogen-bond acceptors (Lipinski definition) is 3. The molecule has 0 unspecified atom stereocenters. The Labute approximate surface area is 124 Å². The molecule has 1 aliphatic rings. The van der Waals surface area contributed by atoms with Gasteiger partial charge in [0.2, 0.25) is 0 Å². The van der Waals surface area contributed by atoms with E-state index in [1.165, 1.54) is 18.4 Å². The quantitative estimate of drug-likeness (QED) is 0.670. The molecule has 1 saturated heterocycles. The van der Waals surface area contributed by atoms with E-state index in [0.717, 1.165) is 56.2 Å². The number of nitrogens with two attached hydrogens (primary N) is 1. The van der Waals surface area contributed by atoms with Gasteiger partial charge in [-0.2, -0.15) is 0 Å². The van der Waals surface area contributed by atoms with Crippen LogP contribution in [0, 0.1) is 5.92 Å². The molecule has 20 heavy (non-hydrogen) atoms. The number of hydrogen-bond donors (Lipinski definition) is 2. The molecule has 1 fully saturated rings. The summed E-state index contributed by atoms with van der Waals surface area (Å²) in [7, 11) is 2.18. The minimum absolute atomic E-state index is 0.778. The number of nitrogens with one attached hydrogen (secondary N) is 1. The monoisotopic (exact) mass is 277 g/mol. The Morgan fingerprint density at radius 3 is 2.60 bits per heavy atom. The van der Waals surface area contributed by atoms with Crippen molar-refractivity contribution in [3.05, 3.63) is 36.1 Å². The lowest BCUT2D eigenvalue weighted by atomic mass is 9.96. The predicted molar refractivity (Wildman–Crippen MR) is 88.5 cm³/mol. The second-order valence-corrected chi connectivity index (χ2v) is 5.88. The van der Waals surface area contributed by atoms with Crippen LogP contribution in [-0.2, 0) is 0 Å². The maximum Gasteiger partial charge on any atom is 0.0356 e. The zero-order valence-electron chi connectivity index (χ0n) is 13.3. The summed E-state index contributed by atoms with van der Waals surface area (Å²) < 4.78 is 0. The summed E-state index contributed by atoms with van der Waals surface area (Å²) in [4.78, 5) is 2.38. The van der Waals surface area contributed by atoms with E-state index in [4.69, 9.17) is 5.73 Å². The second kappa shape index (κ2) is 8.98. The van der Waals surface area contributed by atoms with Gasteiger partial charge in [-0.3, -0.25) is 0 Å². The Balaban J connectivity index is 2.59. The summed E-state index contributed by atoms with van der Waals surface area (Å²) >= 11 is 0. The molecule has 0 aromatic rings. The summed E-state index contributed by atoms with van der Waals surface area (Å²) in [6, 6.07) is 0. The average molecular weight is 277 g/mol. The van der Waals surface area contributed by atoms with Gasteiger partial charge in [0.05, 0.1) is 0 Å². The molecule has 0 spiro atoms. The van der Waals surface area contributed by atoms with Crippen LogP contribution in [0.1, 0.15) is 32.6 Å². The van der Waals surface area contributed by atoms with Crippen molar-refractivity contribution in [2.24, 2.45) is 11.7 Å². The molecule has 1 aliphatic heterocycles. The van der Waals surface area contributed by atoms with Crippen molar-refractivity contribution in [1.29, 1.82) is 0 Å². The van der Waals surface area contributed by atoms with Gasteiger partial charge < -0.3 is 16.0 Å². The van der Waals surface area contributed by atoms with Crippen molar-refractivity contribution < 1.29 is 0 Å². The van der Waals surface area contributed by atoms with Crippen molar-refractivity contribution in [2.45, 2.75) is 32.6 Å². The van der Waals surface area contributed by atoms with Crippen molar-refractivity contribution in [3.63, 3.8) is 0 Å². The van der Waals surface area contributed by atoms with E-state index in [-0.39, 0.29) is 0 Å². The highest BCUT2D eigenvalue weighted by atomic mass is 15.1. The first-order chi connectivity index (χ1) is 9.58. The van der Waals surface area contributed by atoms with E-state index in [0.29, 0.717) is 0 Å². The Morgan fingerprint density at radius 1 is 1.40 bits per heavy atom. The van der Waals surface area contributed by atoms with Crippen molar-refractivity contribution in [1.82, 2.24) is 10.2 Å². The minimum Gasteiger partial charge on any atom is -0.398 e. The first-order valence-corrected chi connectivity index (χ1v) is 7.76. The zero-order valence-corrected chi connectivity index (χ0v) is 13.3.